The first-order valence-corrected chi connectivity index (χ1v) is 11.1. The first-order valence-electron chi connectivity index (χ1n) is 11.1. The molecule has 0 unspecified atom stereocenters. The lowest BCUT2D eigenvalue weighted by molar-refractivity contribution is 0.00782. The molecule has 4 rings (SSSR count). The molecule has 0 aliphatic carbocycles. The number of ether oxygens (including phenoxy) is 2. The van der Waals surface area contributed by atoms with Crippen molar-refractivity contribution in [2.45, 2.75) is 45.4 Å². The van der Waals surface area contributed by atoms with Crippen molar-refractivity contribution >= 4 is 5.91 Å². The number of aromatic nitrogens is 2. The van der Waals surface area contributed by atoms with Crippen molar-refractivity contribution in [2.75, 3.05) is 39.4 Å². The number of carbonyl (C=O) groups is 1. The SMILES string of the molecule is CCN1CCC(OCCCNC(=O)c2nc(-c3ccccc3)n3c2COCC3)CC1. The topological polar surface area (TPSA) is 68.6 Å². The number of amides is 1. The van der Waals surface area contributed by atoms with Gasteiger partial charge in [0, 0.05) is 38.3 Å². The molecule has 3 heterocycles. The van der Waals surface area contributed by atoms with Gasteiger partial charge in [0.15, 0.2) is 5.69 Å². The minimum atomic E-state index is -0.136. The van der Waals surface area contributed by atoms with Gasteiger partial charge in [0.2, 0.25) is 0 Å². The van der Waals surface area contributed by atoms with Gasteiger partial charge in [-0.3, -0.25) is 4.79 Å². The van der Waals surface area contributed by atoms with Gasteiger partial charge in [-0.05, 0) is 25.8 Å². The first kappa shape index (κ1) is 21.0. The fourth-order valence-corrected chi connectivity index (χ4v) is 4.19. The number of hydrogen-bond acceptors (Lipinski definition) is 5. The predicted molar refractivity (Wildman–Crippen MR) is 115 cm³/mol. The van der Waals surface area contributed by atoms with Crippen LogP contribution in [0.4, 0.5) is 0 Å². The van der Waals surface area contributed by atoms with Crippen LogP contribution in [0.2, 0.25) is 0 Å². The van der Waals surface area contributed by atoms with Crippen molar-refractivity contribution < 1.29 is 14.3 Å². The summed E-state index contributed by atoms with van der Waals surface area (Å²) in [7, 11) is 0. The lowest BCUT2D eigenvalue weighted by Crippen LogP contribution is -2.37. The van der Waals surface area contributed by atoms with Crippen molar-refractivity contribution in [1.82, 2.24) is 19.8 Å². The quantitative estimate of drug-likeness (QED) is 0.675. The highest BCUT2D eigenvalue weighted by Crippen LogP contribution is 2.25. The molecule has 0 atom stereocenters. The molecule has 2 aromatic rings. The molecular weight excluding hydrogens is 380 g/mol. The lowest BCUT2D eigenvalue weighted by atomic mass is 10.1. The van der Waals surface area contributed by atoms with Crippen LogP contribution in [0.5, 0.6) is 0 Å². The van der Waals surface area contributed by atoms with Crippen LogP contribution < -0.4 is 5.32 Å². The number of nitrogens with one attached hydrogen (secondary N) is 1. The van der Waals surface area contributed by atoms with Crippen LogP contribution in [0.25, 0.3) is 11.4 Å². The van der Waals surface area contributed by atoms with E-state index in [9.17, 15) is 4.79 Å². The Labute approximate surface area is 178 Å². The van der Waals surface area contributed by atoms with Crippen molar-refractivity contribution in [2.24, 2.45) is 0 Å². The number of hydrogen-bond donors (Lipinski definition) is 1. The van der Waals surface area contributed by atoms with E-state index in [-0.39, 0.29) is 5.91 Å². The van der Waals surface area contributed by atoms with E-state index in [2.05, 4.69) is 26.7 Å². The van der Waals surface area contributed by atoms with E-state index in [1.807, 2.05) is 30.3 Å². The number of fused-ring (bicyclic) bond motifs is 1. The Hall–Kier alpha value is -2.22. The van der Waals surface area contributed by atoms with Crippen LogP contribution in [0.3, 0.4) is 0 Å². The summed E-state index contributed by atoms with van der Waals surface area (Å²) >= 11 is 0. The number of imidazole rings is 1. The molecule has 2 aliphatic rings. The molecule has 0 bridgehead atoms. The Kier molecular flexibility index (Phi) is 7.15. The van der Waals surface area contributed by atoms with Gasteiger partial charge in [-0.25, -0.2) is 4.98 Å². The van der Waals surface area contributed by atoms with E-state index in [4.69, 9.17) is 9.47 Å². The van der Waals surface area contributed by atoms with Gasteiger partial charge in [0.1, 0.15) is 5.82 Å². The highest BCUT2D eigenvalue weighted by atomic mass is 16.5. The van der Waals surface area contributed by atoms with Crippen LogP contribution in [-0.4, -0.2) is 65.9 Å². The van der Waals surface area contributed by atoms with Gasteiger partial charge in [-0.1, -0.05) is 37.3 Å². The molecule has 1 fully saturated rings. The molecule has 7 nitrogen and oxygen atoms in total. The van der Waals surface area contributed by atoms with Crippen LogP contribution in [-0.2, 0) is 22.6 Å². The summed E-state index contributed by atoms with van der Waals surface area (Å²) in [6, 6.07) is 10.0. The maximum atomic E-state index is 12.8. The second kappa shape index (κ2) is 10.2. The summed E-state index contributed by atoms with van der Waals surface area (Å²) in [5.41, 5.74) is 2.35. The summed E-state index contributed by atoms with van der Waals surface area (Å²) in [5, 5.41) is 3.01. The standard InChI is InChI=1S/C23H32N4O3/c1-2-26-12-9-19(10-13-26)30-15-6-11-24-23(28)21-20-17-29-16-14-27(20)22(25-21)18-7-4-3-5-8-18/h3-5,7-8,19H,2,6,9-17H2,1H3,(H,24,28). The predicted octanol–water partition coefficient (Wildman–Crippen LogP) is 2.70. The number of nitrogens with zero attached hydrogens (tertiary/aromatic N) is 3. The Morgan fingerprint density at radius 2 is 2.03 bits per heavy atom. The van der Waals surface area contributed by atoms with Gasteiger partial charge in [-0.2, -0.15) is 0 Å². The van der Waals surface area contributed by atoms with Crippen LogP contribution in [0.1, 0.15) is 42.4 Å². The lowest BCUT2D eigenvalue weighted by Gasteiger charge is -2.30. The second-order valence-corrected chi connectivity index (χ2v) is 7.91. The van der Waals surface area contributed by atoms with Crippen molar-refractivity contribution in [3.05, 3.63) is 41.7 Å². The third kappa shape index (κ3) is 4.91. The largest absolute Gasteiger partial charge is 0.378 e. The summed E-state index contributed by atoms with van der Waals surface area (Å²) in [6.45, 7) is 8.59. The minimum Gasteiger partial charge on any atom is -0.378 e. The van der Waals surface area contributed by atoms with E-state index in [1.54, 1.807) is 0 Å². The molecule has 2 aliphatic heterocycles. The Morgan fingerprint density at radius 3 is 2.80 bits per heavy atom. The van der Waals surface area contributed by atoms with Crippen LogP contribution >= 0.6 is 0 Å². The van der Waals surface area contributed by atoms with Gasteiger partial charge < -0.3 is 24.3 Å². The highest BCUT2D eigenvalue weighted by molar-refractivity contribution is 5.94. The molecule has 30 heavy (non-hydrogen) atoms. The van der Waals surface area contributed by atoms with Gasteiger partial charge >= 0.3 is 0 Å². The fraction of sp³-hybridized carbons (Fsp3) is 0.565. The number of likely N-dealkylation sites (tertiary alicyclic amines) is 1. The monoisotopic (exact) mass is 412 g/mol. The number of carbonyl (C=O) groups excluding carboxylic acids is 1. The average Bonchev–Trinajstić information content (AvgIpc) is 3.20. The molecular formula is C23H32N4O3. The zero-order valence-electron chi connectivity index (χ0n) is 17.8. The van der Waals surface area contributed by atoms with Gasteiger partial charge in [0.05, 0.1) is 25.0 Å². The maximum absolute atomic E-state index is 12.8. The average molecular weight is 413 g/mol. The van der Waals surface area contributed by atoms with Crippen molar-refractivity contribution in [1.29, 1.82) is 0 Å². The van der Waals surface area contributed by atoms with E-state index >= 15 is 0 Å². The molecule has 0 saturated carbocycles. The summed E-state index contributed by atoms with van der Waals surface area (Å²) in [5.74, 6) is 0.698. The van der Waals surface area contributed by atoms with E-state index in [0.717, 1.165) is 56.0 Å². The first-order chi connectivity index (χ1) is 14.8. The Bertz CT molecular complexity index is 828. The fourth-order valence-electron chi connectivity index (χ4n) is 4.19. The van der Waals surface area contributed by atoms with Gasteiger partial charge in [0.25, 0.3) is 5.91 Å². The third-order valence-corrected chi connectivity index (χ3v) is 5.96. The molecule has 1 aromatic carbocycles. The minimum absolute atomic E-state index is 0.136. The molecule has 162 valence electrons. The number of piperidine rings is 1. The van der Waals surface area contributed by atoms with Gasteiger partial charge in [-0.15, -0.1) is 0 Å². The summed E-state index contributed by atoms with van der Waals surface area (Å²) in [6.07, 6.45) is 3.36. The molecule has 1 N–H and O–H groups in total. The number of rotatable bonds is 8. The van der Waals surface area contributed by atoms with Crippen molar-refractivity contribution in [3.8, 4) is 11.4 Å². The molecule has 0 radical (unpaired) electrons. The van der Waals surface area contributed by atoms with E-state index < -0.39 is 0 Å². The van der Waals surface area contributed by atoms with E-state index in [0.29, 0.717) is 44.7 Å². The van der Waals surface area contributed by atoms with Crippen molar-refractivity contribution in [3.63, 3.8) is 0 Å². The zero-order valence-corrected chi connectivity index (χ0v) is 17.8. The Morgan fingerprint density at radius 1 is 1.23 bits per heavy atom. The Balaban J connectivity index is 1.29. The highest BCUT2D eigenvalue weighted by Gasteiger charge is 2.25. The third-order valence-electron chi connectivity index (χ3n) is 5.96. The molecule has 1 saturated heterocycles. The number of benzene rings is 1. The molecule has 0 spiro atoms. The smallest absolute Gasteiger partial charge is 0.271 e. The van der Waals surface area contributed by atoms with E-state index in [1.165, 1.54) is 0 Å². The molecule has 1 aromatic heterocycles. The van der Waals surface area contributed by atoms with Crippen LogP contribution in [0.15, 0.2) is 30.3 Å². The second-order valence-electron chi connectivity index (χ2n) is 7.91. The molecule has 1 amide bonds. The normalized spacial score (nSPS) is 17.6. The zero-order chi connectivity index (χ0) is 20.8. The summed E-state index contributed by atoms with van der Waals surface area (Å²) < 4.78 is 13.7. The van der Waals surface area contributed by atoms with Crippen LogP contribution in [0, 0.1) is 0 Å². The maximum Gasteiger partial charge on any atom is 0.271 e. The summed E-state index contributed by atoms with van der Waals surface area (Å²) in [4.78, 5) is 19.9. The molecule has 7 heteroatoms.